The minimum Gasteiger partial charge on any atom is -0.396 e. The van der Waals surface area contributed by atoms with Crippen molar-refractivity contribution in [2.75, 3.05) is 5.73 Å². The van der Waals surface area contributed by atoms with E-state index in [9.17, 15) is 22.0 Å². The molecule has 0 radical (unpaired) electrons. The van der Waals surface area contributed by atoms with E-state index in [1.165, 1.54) is 0 Å². The Morgan fingerprint density at radius 3 is 2.00 bits per heavy atom. The smallest absolute Gasteiger partial charge is 0.396 e. The average Bonchev–Trinajstić information content (AvgIpc) is 1.94. The number of anilines is 1. The summed E-state index contributed by atoms with van der Waals surface area (Å²) < 4.78 is 60.8. The first-order chi connectivity index (χ1) is 5.82. The Morgan fingerprint density at radius 2 is 1.54 bits per heavy atom. The Balaban J connectivity index is 3.32. The van der Waals surface area contributed by atoms with Gasteiger partial charge in [-0.1, -0.05) is 0 Å². The predicted octanol–water partition coefficient (Wildman–Crippen LogP) is 2.57. The fourth-order valence-electron chi connectivity index (χ4n) is 0.779. The lowest BCUT2D eigenvalue weighted by Gasteiger charge is -2.08. The van der Waals surface area contributed by atoms with E-state index in [-0.39, 0.29) is 6.07 Å². The second-order valence-electron chi connectivity index (χ2n) is 2.35. The molecule has 1 aromatic carbocycles. The van der Waals surface area contributed by atoms with Crippen LogP contribution in [0.5, 0.6) is 0 Å². The van der Waals surface area contributed by atoms with Crippen molar-refractivity contribution in [1.82, 2.24) is 0 Å². The van der Waals surface area contributed by atoms with Crippen LogP contribution >= 0.6 is 0 Å². The Bertz CT molecular complexity index is 330. The Labute approximate surface area is 70.0 Å². The molecular formula is C7H4F5N. The first-order valence-electron chi connectivity index (χ1n) is 3.14. The zero-order chi connectivity index (χ0) is 10.2. The quantitative estimate of drug-likeness (QED) is 0.502. The number of hydrogen-bond donors (Lipinski definition) is 1. The molecule has 0 spiro atoms. The van der Waals surface area contributed by atoms with Crippen LogP contribution in [0, 0.1) is 11.6 Å². The highest BCUT2D eigenvalue weighted by Crippen LogP contribution is 2.32. The zero-order valence-corrected chi connectivity index (χ0v) is 6.12. The molecule has 13 heavy (non-hydrogen) atoms. The maximum atomic E-state index is 12.6. The molecule has 0 fully saturated rings. The van der Waals surface area contributed by atoms with Gasteiger partial charge in [-0.2, -0.15) is 13.2 Å². The molecule has 0 heterocycles. The standard InChI is InChI=1S/C7H4F5N/c8-4-2-6(13)5(9)1-3(4)7(10,11)12/h1-2H,13H2. The third-order valence-electron chi connectivity index (χ3n) is 1.39. The summed E-state index contributed by atoms with van der Waals surface area (Å²) in [4.78, 5) is 0. The van der Waals surface area contributed by atoms with Crippen LogP contribution in [-0.4, -0.2) is 0 Å². The van der Waals surface area contributed by atoms with Crippen LogP contribution in [-0.2, 0) is 6.18 Å². The maximum Gasteiger partial charge on any atom is 0.419 e. The molecular weight excluding hydrogens is 193 g/mol. The van der Waals surface area contributed by atoms with Gasteiger partial charge in [-0.25, -0.2) is 8.78 Å². The molecule has 0 amide bonds. The van der Waals surface area contributed by atoms with Gasteiger partial charge in [0.1, 0.15) is 11.6 Å². The van der Waals surface area contributed by atoms with E-state index >= 15 is 0 Å². The number of nitrogens with two attached hydrogens (primary N) is 1. The lowest BCUT2D eigenvalue weighted by Crippen LogP contribution is -2.09. The largest absolute Gasteiger partial charge is 0.419 e. The van der Waals surface area contributed by atoms with Crippen LogP contribution < -0.4 is 5.73 Å². The summed E-state index contributed by atoms with van der Waals surface area (Å²) in [7, 11) is 0. The fraction of sp³-hybridized carbons (Fsp3) is 0.143. The van der Waals surface area contributed by atoms with Crippen LogP contribution in [0.4, 0.5) is 27.6 Å². The molecule has 0 aliphatic rings. The van der Waals surface area contributed by atoms with Gasteiger partial charge in [0.05, 0.1) is 11.3 Å². The molecule has 72 valence electrons. The van der Waals surface area contributed by atoms with E-state index in [1.807, 2.05) is 0 Å². The molecule has 2 N–H and O–H groups in total. The van der Waals surface area contributed by atoms with E-state index in [0.29, 0.717) is 6.07 Å². The van der Waals surface area contributed by atoms with Crippen LogP contribution in [0.25, 0.3) is 0 Å². The van der Waals surface area contributed by atoms with Crippen molar-refractivity contribution < 1.29 is 22.0 Å². The number of hydrogen-bond acceptors (Lipinski definition) is 1. The molecule has 0 atom stereocenters. The highest BCUT2D eigenvalue weighted by Gasteiger charge is 2.34. The molecule has 0 aromatic heterocycles. The first-order valence-corrected chi connectivity index (χ1v) is 3.14. The van der Waals surface area contributed by atoms with Gasteiger partial charge in [0.2, 0.25) is 0 Å². The number of halogens is 5. The van der Waals surface area contributed by atoms with Gasteiger partial charge in [0.25, 0.3) is 0 Å². The molecule has 6 heteroatoms. The van der Waals surface area contributed by atoms with Crippen molar-refractivity contribution in [2.24, 2.45) is 0 Å². The second kappa shape index (κ2) is 2.86. The zero-order valence-electron chi connectivity index (χ0n) is 6.12. The van der Waals surface area contributed by atoms with Crippen molar-refractivity contribution in [3.8, 4) is 0 Å². The maximum absolute atomic E-state index is 12.6. The SMILES string of the molecule is Nc1cc(F)c(C(F)(F)F)cc1F. The molecule has 1 aromatic rings. The van der Waals surface area contributed by atoms with E-state index in [2.05, 4.69) is 0 Å². The number of nitrogen functional groups attached to an aromatic ring is 1. The monoisotopic (exact) mass is 197 g/mol. The average molecular weight is 197 g/mol. The van der Waals surface area contributed by atoms with E-state index in [0.717, 1.165) is 0 Å². The lowest BCUT2D eigenvalue weighted by atomic mass is 10.2. The minimum absolute atomic E-state index is 0.0324. The summed E-state index contributed by atoms with van der Waals surface area (Å²) in [6.45, 7) is 0. The first kappa shape index (κ1) is 9.76. The molecule has 0 aliphatic carbocycles. The van der Waals surface area contributed by atoms with Gasteiger partial charge >= 0.3 is 6.18 Å². The van der Waals surface area contributed by atoms with Crippen LogP contribution in [0.15, 0.2) is 12.1 Å². The fourth-order valence-corrected chi connectivity index (χ4v) is 0.779. The van der Waals surface area contributed by atoms with Crippen molar-refractivity contribution in [3.05, 3.63) is 29.3 Å². The summed E-state index contributed by atoms with van der Waals surface area (Å²) in [5.41, 5.74) is 2.55. The summed E-state index contributed by atoms with van der Waals surface area (Å²) in [6.07, 6.45) is -4.90. The Morgan fingerprint density at radius 1 is 1.00 bits per heavy atom. The Kier molecular flexibility index (Phi) is 2.15. The van der Waals surface area contributed by atoms with Gasteiger partial charge in [0, 0.05) is 6.07 Å². The van der Waals surface area contributed by atoms with Crippen LogP contribution in [0.2, 0.25) is 0 Å². The van der Waals surface area contributed by atoms with Crippen LogP contribution in [0.1, 0.15) is 5.56 Å². The summed E-state index contributed by atoms with van der Waals surface area (Å²) >= 11 is 0. The Hall–Kier alpha value is -1.33. The van der Waals surface area contributed by atoms with Crippen molar-refractivity contribution in [1.29, 1.82) is 0 Å². The molecule has 0 bridgehead atoms. The van der Waals surface area contributed by atoms with E-state index in [1.54, 1.807) is 0 Å². The molecule has 0 saturated heterocycles. The topological polar surface area (TPSA) is 26.0 Å². The van der Waals surface area contributed by atoms with E-state index < -0.39 is 29.1 Å². The van der Waals surface area contributed by atoms with Gasteiger partial charge in [-0.3, -0.25) is 0 Å². The molecule has 0 unspecified atom stereocenters. The van der Waals surface area contributed by atoms with E-state index in [4.69, 9.17) is 5.73 Å². The predicted molar refractivity (Wildman–Crippen MR) is 35.8 cm³/mol. The minimum atomic E-state index is -4.90. The van der Waals surface area contributed by atoms with Crippen LogP contribution in [0.3, 0.4) is 0 Å². The lowest BCUT2D eigenvalue weighted by molar-refractivity contribution is -0.140. The summed E-state index contributed by atoms with van der Waals surface area (Å²) in [6, 6.07) is 0.336. The van der Waals surface area contributed by atoms with Crippen molar-refractivity contribution in [2.45, 2.75) is 6.18 Å². The van der Waals surface area contributed by atoms with Gasteiger partial charge in [0.15, 0.2) is 0 Å². The number of benzene rings is 1. The third kappa shape index (κ3) is 1.88. The normalized spacial score (nSPS) is 11.8. The molecule has 1 rings (SSSR count). The molecule has 0 saturated carbocycles. The van der Waals surface area contributed by atoms with Crippen molar-refractivity contribution >= 4 is 5.69 Å². The van der Waals surface area contributed by atoms with Gasteiger partial charge in [-0.05, 0) is 6.07 Å². The highest BCUT2D eigenvalue weighted by atomic mass is 19.4. The second-order valence-corrected chi connectivity index (χ2v) is 2.35. The highest BCUT2D eigenvalue weighted by molar-refractivity contribution is 5.42. The van der Waals surface area contributed by atoms with Gasteiger partial charge < -0.3 is 5.73 Å². The summed E-state index contributed by atoms with van der Waals surface area (Å²) in [5, 5.41) is 0. The number of rotatable bonds is 0. The number of alkyl halides is 3. The molecule has 0 aliphatic heterocycles. The summed E-state index contributed by atoms with van der Waals surface area (Å²) in [5.74, 6) is -2.86. The van der Waals surface area contributed by atoms with Crippen molar-refractivity contribution in [3.63, 3.8) is 0 Å². The third-order valence-corrected chi connectivity index (χ3v) is 1.39. The molecule has 1 nitrogen and oxygen atoms in total. The van der Waals surface area contributed by atoms with Gasteiger partial charge in [-0.15, -0.1) is 0 Å².